The minimum absolute atomic E-state index is 0.168. The quantitative estimate of drug-likeness (QED) is 0.821. The molecule has 1 aliphatic rings. The van der Waals surface area contributed by atoms with Crippen molar-refractivity contribution >= 4 is 15.9 Å². The molecule has 0 spiro atoms. The molecule has 0 amide bonds. The molecule has 16 heavy (non-hydrogen) atoms. The summed E-state index contributed by atoms with van der Waals surface area (Å²) in [6, 6.07) is 2.18. The van der Waals surface area contributed by atoms with Gasteiger partial charge in [-0.1, -0.05) is 0 Å². The first-order chi connectivity index (χ1) is 7.61. The topological polar surface area (TPSA) is 32.3 Å². The Hall–Kier alpha value is -0.520. The zero-order valence-electron chi connectivity index (χ0n) is 8.51. The van der Waals surface area contributed by atoms with Crippen molar-refractivity contribution in [2.75, 3.05) is 6.54 Å². The summed E-state index contributed by atoms with van der Waals surface area (Å²) in [4.78, 5) is 0. The van der Waals surface area contributed by atoms with E-state index < -0.39 is 17.7 Å². The van der Waals surface area contributed by atoms with Crippen LogP contribution in [0, 0.1) is 11.6 Å². The predicted octanol–water partition coefficient (Wildman–Crippen LogP) is 2.51. The molecule has 1 aliphatic heterocycles. The lowest BCUT2D eigenvalue weighted by molar-refractivity contribution is 0.129. The molecule has 1 fully saturated rings. The van der Waals surface area contributed by atoms with Gasteiger partial charge in [0.15, 0.2) is 0 Å². The second-order valence-corrected chi connectivity index (χ2v) is 4.76. The molecule has 1 aromatic rings. The van der Waals surface area contributed by atoms with Crippen LogP contribution in [0.15, 0.2) is 16.6 Å². The maximum absolute atomic E-state index is 13.7. The van der Waals surface area contributed by atoms with Gasteiger partial charge >= 0.3 is 0 Å². The van der Waals surface area contributed by atoms with E-state index in [0.29, 0.717) is 0 Å². The summed E-state index contributed by atoms with van der Waals surface area (Å²) in [5, 5.41) is 13.0. The van der Waals surface area contributed by atoms with Gasteiger partial charge in [0.25, 0.3) is 0 Å². The summed E-state index contributed by atoms with van der Waals surface area (Å²) >= 11 is 2.98. The van der Waals surface area contributed by atoms with Crippen molar-refractivity contribution in [3.63, 3.8) is 0 Å². The van der Waals surface area contributed by atoms with Crippen molar-refractivity contribution in [2.45, 2.75) is 25.0 Å². The van der Waals surface area contributed by atoms with Gasteiger partial charge in [0.2, 0.25) is 0 Å². The van der Waals surface area contributed by atoms with Gasteiger partial charge in [0.1, 0.15) is 11.6 Å². The summed E-state index contributed by atoms with van der Waals surface area (Å²) in [5.74, 6) is -1.43. The molecule has 0 aliphatic carbocycles. The number of hydrogen-bond donors (Lipinski definition) is 2. The number of aliphatic hydroxyl groups is 1. The third-order valence-electron chi connectivity index (χ3n) is 2.85. The molecule has 2 unspecified atom stereocenters. The minimum Gasteiger partial charge on any atom is -0.387 e. The van der Waals surface area contributed by atoms with E-state index in [4.69, 9.17) is 0 Å². The van der Waals surface area contributed by atoms with Gasteiger partial charge < -0.3 is 10.4 Å². The summed E-state index contributed by atoms with van der Waals surface area (Å²) in [5.41, 5.74) is -0.256. The Morgan fingerprint density at radius 2 is 2.19 bits per heavy atom. The average Bonchev–Trinajstić information content (AvgIpc) is 2.77. The van der Waals surface area contributed by atoms with Crippen molar-refractivity contribution in [1.82, 2.24) is 5.32 Å². The average molecular weight is 292 g/mol. The van der Waals surface area contributed by atoms with Crippen LogP contribution in [0.25, 0.3) is 0 Å². The van der Waals surface area contributed by atoms with Crippen LogP contribution in [-0.4, -0.2) is 17.7 Å². The van der Waals surface area contributed by atoms with Crippen molar-refractivity contribution in [2.24, 2.45) is 0 Å². The third kappa shape index (κ3) is 2.12. The Kier molecular flexibility index (Phi) is 3.56. The lowest BCUT2D eigenvalue weighted by Gasteiger charge is -2.20. The zero-order chi connectivity index (χ0) is 11.7. The highest BCUT2D eigenvalue weighted by Gasteiger charge is 2.29. The molecule has 0 aromatic heterocycles. The van der Waals surface area contributed by atoms with E-state index in [2.05, 4.69) is 21.2 Å². The van der Waals surface area contributed by atoms with Gasteiger partial charge in [0.05, 0.1) is 16.1 Å². The number of hydrogen-bond acceptors (Lipinski definition) is 2. The maximum atomic E-state index is 13.7. The monoisotopic (exact) mass is 291 g/mol. The van der Waals surface area contributed by atoms with Crippen molar-refractivity contribution in [1.29, 1.82) is 0 Å². The van der Waals surface area contributed by atoms with Crippen molar-refractivity contribution < 1.29 is 13.9 Å². The van der Waals surface area contributed by atoms with Gasteiger partial charge in [-0.2, -0.15) is 0 Å². The normalized spacial score (nSPS) is 22.4. The number of rotatable bonds is 2. The first-order valence-electron chi connectivity index (χ1n) is 5.16. The standard InChI is InChI=1S/C11H12BrF2NO/c12-6-3-4-7(13)9(10(6)14)11(16)8-2-1-5-15-8/h3-4,8,11,15-16H,1-2,5H2. The Bertz CT molecular complexity index is 394. The van der Waals surface area contributed by atoms with Crippen LogP contribution in [0.4, 0.5) is 8.78 Å². The molecule has 0 bridgehead atoms. The molecular formula is C11H12BrF2NO. The van der Waals surface area contributed by atoms with Crippen molar-refractivity contribution in [3.8, 4) is 0 Å². The van der Waals surface area contributed by atoms with Crippen LogP contribution in [0.2, 0.25) is 0 Å². The molecular weight excluding hydrogens is 280 g/mol. The fourth-order valence-corrected chi connectivity index (χ4v) is 2.34. The molecule has 1 aromatic carbocycles. The lowest BCUT2D eigenvalue weighted by atomic mass is 10.00. The SMILES string of the molecule is OC(c1c(F)ccc(Br)c1F)C1CCCN1. The lowest BCUT2D eigenvalue weighted by Crippen LogP contribution is -2.30. The van der Waals surface area contributed by atoms with E-state index >= 15 is 0 Å². The van der Waals surface area contributed by atoms with Gasteiger partial charge in [-0.05, 0) is 47.4 Å². The Balaban J connectivity index is 2.34. The highest BCUT2D eigenvalue weighted by atomic mass is 79.9. The van der Waals surface area contributed by atoms with Crippen LogP contribution in [-0.2, 0) is 0 Å². The van der Waals surface area contributed by atoms with Crippen LogP contribution in [0.1, 0.15) is 24.5 Å². The molecule has 0 radical (unpaired) electrons. The number of halogens is 3. The second kappa shape index (κ2) is 4.77. The molecule has 1 heterocycles. The van der Waals surface area contributed by atoms with Crippen LogP contribution >= 0.6 is 15.9 Å². The predicted molar refractivity (Wildman–Crippen MR) is 60.0 cm³/mol. The van der Waals surface area contributed by atoms with Crippen molar-refractivity contribution in [3.05, 3.63) is 33.8 Å². The van der Waals surface area contributed by atoms with Gasteiger partial charge in [0, 0.05) is 6.04 Å². The molecule has 5 heteroatoms. The summed E-state index contributed by atoms with van der Waals surface area (Å²) in [6.07, 6.45) is 0.505. The maximum Gasteiger partial charge on any atom is 0.146 e. The first-order valence-corrected chi connectivity index (χ1v) is 5.95. The van der Waals surface area contributed by atoms with Crippen LogP contribution < -0.4 is 5.32 Å². The highest BCUT2D eigenvalue weighted by molar-refractivity contribution is 9.10. The molecule has 88 valence electrons. The molecule has 2 rings (SSSR count). The van der Waals surface area contributed by atoms with Gasteiger partial charge in [-0.15, -0.1) is 0 Å². The van der Waals surface area contributed by atoms with E-state index in [0.717, 1.165) is 25.5 Å². The highest BCUT2D eigenvalue weighted by Crippen LogP contribution is 2.30. The number of benzene rings is 1. The van der Waals surface area contributed by atoms with Gasteiger partial charge in [-0.3, -0.25) is 0 Å². The molecule has 2 nitrogen and oxygen atoms in total. The zero-order valence-corrected chi connectivity index (χ0v) is 10.1. The van der Waals surface area contributed by atoms with E-state index in [-0.39, 0.29) is 16.1 Å². The van der Waals surface area contributed by atoms with E-state index in [1.807, 2.05) is 0 Å². The van der Waals surface area contributed by atoms with Gasteiger partial charge in [-0.25, -0.2) is 8.78 Å². The number of nitrogens with one attached hydrogen (secondary N) is 1. The smallest absolute Gasteiger partial charge is 0.146 e. The van der Waals surface area contributed by atoms with E-state index in [1.165, 1.54) is 6.07 Å². The summed E-state index contributed by atoms with van der Waals surface area (Å²) in [7, 11) is 0. The fraction of sp³-hybridized carbons (Fsp3) is 0.455. The summed E-state index contributed by atoms with van der Waals surface area (Å²) in [6.45, 7) is 0.777. The molecule has 2 N–H and O–H groups in total. The van der Waals surface area contributed by atoms with Crippen LogP contribution in [0.3, 0.4) is 0 Å². The molecule has 1 saturated heterocycles. The minimum atomic E-state index is -1.14. The van der Waals surface area contributed by atoms with E-state index in [1.54, 1.807) is 0 Å². The second-order valence-electron chi connectivity index (χ2n) is 3.90. The molecule has 0 saturated carbocycles. The summed E-state index contributed by atoms with van der Waals surface area (Å²) < 4.78 is 27.3. The van der Waals surface area contributed by atoms with E-state index in [9.17, 15) is 13.9 Å². The Morgan fingerprint density at radius 1 is 1.44 bits per heavy atom. The Labute approximate surface area is 101 Å². The largest absolute Gasteiger partial charge is 0.387 e. The number of aliphatic hydroxyl groups excluding tert-OH is 1. The first kappa shape index (κ1) is 12.0. The fourth-order valence-electron chi connectivity index (χ4n) is 2.00. The molecule has 2 atom stereocenters. The Morgan fingerprint density at radius 3 is 2.81 bits per heavy atom. The van der Waals surface area contributed by atoms with Crippen LogP contribution in [0.5, 0.6) is 0 Å². The third-order valence-corrected chi connectivity index (χ3v) is 3.47.